The van der Waals surface area contributed by atoms with Gasteiger partial charge in [0.2, 0.25) is 0 Å². The molecule has 112 valence electrons. The Morgan fingerprint density at radius 1 is 1.45 bits per heavy atom. The van der Waals surface area contributed by atoms with Gasteiger partial charge < -0.3 is 10.1 Å². The normalized spacial score (nSPS) is 20.9. The first-order valence-corrected chi connectivity index (χ1v) is 7.13. The van der Waals surface area contributed by atoms with Crippen LogP contribution in [0.1, 0.15) is 12.5 Å². The van der Waals surface area contributed by atoms with Crippen LogP contribution in [-0.2, 0) is 6.54 Å². The number of hydrogen-bond acceptors (Lipinski definition) is 3. The molecule has 1 aliphatic heterocycles. The highest BCUT2D eigenvalue weighted by Gasteiger charge is 2.32. The maximum atomic E-state index is 12.4. The topological polar surface area (TPSA) is 24.5 Å². The van der Waals surface area contributed by atoms with E-state index in [1.54, 1.807) is 12.1 Å². The van der Waals surface area contributed by atoms with Gasteiger partial charge in [-0.2, -0.15) is 0 Å². The van der Waals surface area contributed by atoms with Crippen LogP contribution in [0.5, 0.6) is 5.75 Å². The Labute approximate surface area is 124 Å². The van der Waals surface area contributed by atoms with Crippen molar-refractivity contribution in [2.75, 3.05) is 19.6 Å². The van der Waals surface area contributed by atoms with E-state index in [0.29, 0.717) is 16.6 Å². The van der Waals surface area contributed by atoms with Gasteiger partial charge in [-0.1, -0.05) is 22.0 Å². The van der Waals surface area contributed by atoms with Crippen molar-refractivity contribution in [3.05, 3.63) is 28.2 Å². The lowest BCUT2D eigenvalue weighted by atomic mass is 10.1. The number of nitrogens with one attached hydrogen (secondary N) is 1. The summed E-state index contributed by atoms with van der Waals surface area (Å²) in [6.45, 7) is 4.99. The molecule has 2 rings (SSSR count). The quantitative estimate of drug-likeness (QED) is 0.904. The van der Waals surface area contributed by atoms with Crippen LogP contribution >= 0.6 is 15.9 Å². The summed E-state index contributed by atoms with van der Waals surface area (Å²) in [4.78, 5) is 2.14. The highest BCUT2D eigenvalue weighted by atomic mass is 79.9. The molecule has 0 saturated carbocycles. The van der Waals surface area contributed by atoms with Crippen molar-refractivity contribution in [3.8, 4) is 5.75 Å². The first kappa shape index (κ1) is 15.6. The zero-order chi connectivity index (χ0) is 14.8. The van der Waals surface area contributed by atoms with Crippen LogP contribution in [0.2, 0.25) is 0 Å². The second kappa shape index (κ2) is 6.32. The summed E-state index contributed by atoms with van der Waals surface area (Å²) in [6, 6.07) is 5.03. The van der Waals surface area contributed by atoms with Gasteiger partial charge in [-0.3, -0.25) is 4.90 Å². The molecule has 0 radical (unpaired) electrons. The van der Waals surface area contributed by atoms with Crippen molar-refractivity contribution >= 4 is 15.9 Å². The molecule has 20 heavy (non-hydrogen) atoms. The summed E-state index contributed by atoms with van der Waals surface area (Å²) in [5, 5.41) is 3.25. The summed E-state index contributed by atoms with van der Waals surface area (Å²) in [7, 11) is 0. The Morgan fingerprint density at radius 3 is 2.85 bits per heavy atom. The molecule has 0 spiro atoms. The van der Waals surface area contributed by atoms with Gasteiger partial charge in [-0.25, -0.2) is 0 Å². The molecule has 1 aromatic rings. The Bertz CT molecular complexity index is 467. The fraction of sp³-hybridized carbons (Fsp3) is 0.538. The number of piperazine rings is 1. The predicted molar refractivity (Wildman–Crippen MR) is 73.6 cm³/mol. The zero-order valence-electron chi connectivity index (χ0n) is 11.0. The lowest BCUT2D eigenvalue weighted by molar-refractivity contribution is -0.275. The molecule has 1 saturated heterocycles. The lowest BCUT2D eigenvalue weighted by Crippen LogP contribution is -2.49. The highest BCUT2D eigenvalue weighted by molar-refractivity contribution is 9.10. The van der Waals surface area contributed by atoms with Crippen molar-refractivity contribution in [2.45, 2.75) is 25.9 Å². The molecule has 0 aliphatic carbocycles. The van der Waals surface area contributed by atoms with Crippen LogP contribution in [0.4, 0.5) is 13.2 Å². The Hall–Kier alpha value is -0.790. The van der Waals surface area contributed by atoms with Gasteiger partial charge in [0, 0.05) is 42.3 Å². The standard InChI is InChI=1S/C13H16BrF3N2O/c1-9-7-18-4-5-19(9)8-10-2-3-11(14)6-12(10)20-13(15,16)17/h2-3,6,9,18H,4-5,7-8H2,1H3/t9-/m1/s1. The molecule has 0 unspecified atom stereocenters. The third-order valence-corrected chi connectivity index (χ3v) is 3.76. The summed E-state index contributed by atoms with van der Waals surface area (Å²) >= 11 is 3.17. The van der Waals surface area contributed by atoms with Gasteiger partial charge in [0.05, 0.1) is 0 Å². The van der Waals surface area contributed by atoms with Crippen LogP contribution in [0, 0.1) is 0 Å². The minimum absolute atomic E-state index is 0.141. The average molecular weight is 353 g/mol. The summed E-state index contributed by atoms with van der Waals surface area (Å²) in [6.07, 6.45) is -4.68. The summed E-state index contributed by atoms with van der Waals surface area (Å²) in [5.41, 5.74) is 0.541. The minimum Gasteiger partial charge on any atom is -0.405 e. The zero-order valence-corrected chi connectivity index (χ0v) is 12.6. The monoisotopic (exact) mass is 352 g/mol. The maximum absolute atomic E-state index is 12.4. The molecule has 3 nitrogen and oxygen atoms in total. The molecule has 0 bridgehead atoms. The number of benzene rings is 1. The van der Waals surface area contributed by atoms with Crippen molar-refractivity contribution in [2.24, 2.45) is 0 Å². The molecule has 0 aromatic heterocycles. The molecular formula is C13H16BrF3N2O. The van der Waals surface area contributed by atoms with Crippen molar-refractivity contribution < 1.29 is 17.9 Å². The maximum Gasteiger partial charge on any atom is 0.573 e. The van der Waals surface area contributed by atoms with Crippen LogP contribution < -0.4 is 10.1 Å². The second-order valence-electron chi connectivity index (χ2n) is 4.82. The van der Waals surface area contributed by atoms with Gasteiger partial charge in [-0.15, -0.1) is 13.2 Å². The van der Waals surface area contributed by atoms with E-state index in [1.165, 1.54) is 6.07 Å². The third kappa shape index (κ3) is 4.36. The number of ether oxygens (including phenoxy) is 1. The van der Waals surface area contributed by atoms with Crippen LogP contribution in [0.15, 0.2) is 22.7 Å². The highest BCUT2D eigenvalue weighted by Crippen LogP contribution is 2.30. The fourth-order valence-electron chi connectivity index (χ4n) is 2.22. The molecule has 1 aromatic carbocycles. The van der Waals surface area contributed by atoms with Crippen molar-refractivity contribution in [1.82, 2.24) is 10.2 Å². The van der Waals surface area contributed by atoms with E-state index in [2.05, 4.69) is 37.8 Å². The molecule has 1 atom stereocenters. The third-order valence-electron chi connectivity index (χ3n) is 3.27. The number of nitrogens with zero attached hydrogens (tertiary/aromatic N) is 1. The predicted octanol–water partition coefficient (Wildman–Crippen LogP) is 3.14. The van der Waals surface area contributed by atoms with E-state index in [4.69, 9.17) is 0 Å². The van der Waals surface area contributed by atoms with Gasteiger partial charge in [0.25, 0.3) is 0 Å². The fourth-order valence-corrected chi connectivity index (χ4v) is 2.56. The first-order chi connectivity index (χ1) is 9.35. The van der Waals surface area contributed by atoms with Crippen LogP contribution in [-0.4, -0.2) is 36.9 Å². The molecule has 1 aliphatic rings. The Kier molecular flexibility index (Phi) is 4.93. The van der Waals surface area contributed by atoms with E-state index in [-0.39, 0.29) is 11.8 Å². The van der Waals surface area contributed by atoms with Crippen molar-refractivity contribution in [1.29, 1.82) is 0 Å². The van der Waals surface area contributed by atoms with Crippen LogP contribution in [0.25, 0.3) is 0 Å². The van der Waals surface area contributed by atoms with E-state index in [0.717, 1.165) is 19.6 Å². The van der Waals surface area contributed by atoms with Crippen LogP contribution in [0.3, 0.4) is 0 Å². The minimum atomic E-state index is -4.68. The summed E-state index contributed by atoms with van der Waals surface area (Å²) < 4.78 is 42.0. The van der Waals surface area contributed by atoms with Gasteiger partial charge in [0.15, 0.2) is 0 Å². The first-order valence-electron chi connectivity index (χ1n) is 6.34. The van der Waals surface area contributed by atoms with E-state index >= 15 is 0 Å². The number of rotatable bonds is 3. The molecule has 1 fully saturated rings. The lowest BCUT2D eigenvalue weighted by Gasteiger charge is -2.34. The molecule has 1 N–H and O–H groups in total. The summed E-state index contributed by atoms with van der Waals surface area (Å²) in [5.74, 6) is -0.141. The number of hydrogen-bond donors (Lipinski definition) is 1. The largest absolute Gasteiger partial charge is 0.573 e. The Balaban J connectivity index is 2.17. The van der Waals surface area contributed by atoms with Gasteiger partial charge >= 0.3 is 6.36 Å². The van der Waals surface area contributed by atoms with Crippen molar-refractivity contribution in [3.63, 3.8) is 0 Å². The van der Waals surface area contributed by atoms with Gasteiger partial charge in [0.1, 0.15) is 5.75 Å². The average Bonchev–Trinajstić information content (AvgIpc) is 2.33. The smallest absolute Gasteiger partial charge is 0.405 e. The Morgan fingerprint density at radius 2 is 2.20 bits per heavy atom. The molecule has 7 heteroatoms. The van der Waals surface area contributed by atoms with E-state index < -0.39 is 6.36 Å². The van der Waals surface area contributed by atoms with E-state index in [1.807, 2.05) is 0 Å². The number of halogens is 4. The molecule has 1 heterocycles. The van der Waals surface area contributed by atoms with Gasteiger partial charge in [-0.05, 0) is 19.1 Å². The number of alkyl halides is 3. The molecular weight excluding hydrogens is 337 g/mol. The molecule has 0 amide bonds. The van der Waals surface area contributed by atoms with E-state index in [9.17, 15) is 13.2 Å². The SMILES string of the molecule is C[C@@H]1CNCCN1Cc1ccc(Br)cc1OC(F)(F)F. The second-order valence-corrected chi connectivity index (χ2v) is 5.74.